The minimum atomic E-state index is -3.99. The molecule has 96 valence electrons. The predicted molar refractivity (Wildman–Crippen MR) is 63.9 cm³/mol. The van der Waals surface area contributed by atoms with Gasteiger partial charge in [0.15, 0.2) is 5.25 Å². The summed E-state index contributed by atoms with van der Waals surface area (Å²) in [6, 6.07) is 8.06. The van der Waals surface area contributed by atoms with Gasteiger partial charge in [0.25, 0.3) is 0 Å². The molecule has 0 radical (unpaired) electrons. The molecule has 0 bridgehead atoms. The smallest absolute Gasteiger partial charge is 0.326 e. The quantitative estimate of drug-likeness (QED) is 0.815. The first-order valence-electron chi connectivity index (χ1n) is 5.07. The van der Waals surface area contributed by atoms with Gasteiger partial charge < -0.3 is 5.11 Å². The van der Waals surface area contributed by atoms with E-state index in [9.17, 15) is 13.2 Å². The van der Waals surface area contributed by atoms with Crippen molar-refractivity contribution >= 4 is 16.0 Å². The molecule has 0 aliphatic rings. The zero-order chi connectivity index (χ0) is 13.8. The lowest BCUT2D eigenvalue weighted by Crippen LogP contribution is -2.38. The van der Waals surface area contributed by atoms with E-state index in [2.05, 4.69) is 0 Å². The zero-order valence-corrected chi connectivity index (χ0v) is 10.4. The Morgan fingerprint density at radius 2 is 1.94 bits per heavy atom. The monoisotopic (exact) mass is 268 g/mol. The number of hydrogen-bond donors (Lipinski definition) is 2. The highest BCUT2D eigenvalue weighted by atomic mass is 32.2. The topological polar surface area (TPSA) is 107 Å². The third kappa shape index (κ3) is 3.29. The zero-order valence-electron chi connectivity index (χ0n) is 9.57. The van der Waals surface area contributed by atoms with Crippen LogP contribution in [0.5, 0.6) is 0 Å². The highest BCUT2D eigenvalue weighted by Crippen LogP contribution is 2.15. The maximum Gasteiger partial charge on any atom is 0.326 e. The summed E-state index contributed by atoms with van der Waals surface area (Å²) in [5.74, 6) is -1.32. The minimum Gasteiger partial charge on any atom is -0.480 e. The number of hydrogen-bond acceptors (Lipinski definition) is 4. The molecule has 6 nitrogen and oxygen atoms in total. The summed E-state index contributed by atoms with van der Waals surface area (Å²) >= 11 is 0. The normalized spacial score (nSPS) is 14.4. The number of carboxylic acid groups (broad SMARTS) is 1. The number of nitrogens with one attached hydrogen (secondary N) is 1. The van der Waals surface area contributed by atoms with Crippen LogP contribution < -0.4 is 4.72 Å². The number of carboxylic acids is 1. The Morgan fingerprint density at radius 1 is 1.39 bits per heavy atom. The third-order valence-corrected chi connectivity index (χ3v) is 3.91. The van der Waals surface area contributed by atoms with Crippen LogP contribution in [0.15, 0.2) is 30.3 Å². The molecular formula is C11H12N2O4S. The molecule has 2 atom stereocenters. The van der Waals surface area contributed by atoms with Gasteiger partial charge >= 0.3 is 5.97 Å². The lowest BCUT2D eigenvalue weighted by atomic mass is 10.1. The summed E-state index contributed by atoms with van der Waals surface area (Å²) in [5, 5.41) is 16.3. The summed E-state index contributed by atoms with van der Waals surface area (Å²) in [4.78, 5) is 11.1. The van der Waals surface area contributed by atoms with Gasteiger partial charge in [0.1, 0.15) is 6.04 Å². The van der Waals surface area contributed by atoms with E-state index < -0.39 is 27.3 Å². The van der Waals surface area contributed by atoms with Gasteiger partial charge in [-0.25, -0.2) is 8.42 Å². The van der Waals surface area contributed by atoms with E-state index >= 15 is 0 Å². The Morgan fingerprint density at radius 3 is 2.39 bits per heavy atom. The van der Waals surface area contributed by atoms with Crippen LogP contribution in [0.2, 0.25) is 0 Å². The molecule has 1 aromatic carbocycles. The van der Waals surface area contributed by atoms with Crippen LogP contribution in [0.25, 0.3) is 0 Å². The second kappa shape index (κ2) is 5.62. The van der Waals surface area contributed by atoms with E-state index in [0.29, 0.717) is 5.56 Å². The maximum atomic E-state index is 11.7. The average molecular weight is 268 g/mol. The summed E-state index contributed by atoms with van der Waals surface area (Å²) in [6.07, 6.45) is 0. The Labute approximate surface area is 105 Å². The molecule has 0 amide bonds. The maximum absolute atomic E-state index is 11.7. The summed E-state index contributed by atoms with van der Waals surface area (Å²) in [7, 11) is -3.99. The molecule has 0 saturated carbocycles. The second-order valence-electron chi connectivity index (χ2n) is 3.62. The molecule has 1 rings (SSSR count). The Balaban J connectivity index is 3.05. The van der Waals surface area contributed by atoms with Crippen LogP contribution in [0.1, 0.15) is 18.5 Å². The summed E-state index contributed by atoms with van der Waals surface area (Å²) < 4.78 is 25.3. The first kappa shape index (κ1) is 14.2. The molecule has 0 spiro atoms. The van der Waals surface area contributed by atoms with Crippen molar-refractivity contribution in [2.45, 2.75) is 18.2 Å². The largest absolute Gasteiger partial charge is 0.480 e. The number of sulfonamides is 1. The van der Waals surface area contributed by atoms with Gasteiger partial charge in [0, 0.05) is 0 Å². The van der Waals surface area contributed by atoms with Gasteiger partial charge in [-0.3, -0.25) is 4.79 Å². The molecule has 0 heterocycles. The number of rotatable bonds is 5. The van der Waals surface area contributed by atoms with Crippen molar-refractivity contribution in [2.75, 3.05) is 0 Å². The van der Waals surface area contributed by atoms with Crippen molar-refractivity contribution in [3.05, 3.63) is 35.9 Å². The molecule has 0 fully saturated rings. The van der Waals surface area contributed by atoms with Gasteiger partial charge in [-0.15, -0.1) is 0 Å². The van der Waals surface area contributed by atoms with Crippen molar-refractivity contribution < 1.29 is 18.3 Å². The third-order valence-electron chi connectivity index (χ3n) is 2.31. The molecular weight excluding hydrogens is 256 g/mol. The lowest BCUT2D eigenvalue weighted by molar-refractivity contribution is -0.139. The standard InChI is InChI=1S/C11H12N2O4S/c1-8(7-12)18(16,17)13-10(11(14)15)9-5-3-2-4-6-9/h2-6,8,10,13H,1H3,(H,14,15)/t8?,10-/m1/s1. The van der Waals surface area contributed by atoms with Crippen molar-refractivity contribution in [1.29, 1.82) is 5.26 Å². The Bertz CT molecular complexity index is 562. The molecule has 0 saturated heterocycles. The van der Waals surface area contributed by atoms with E-state index in [0.717, 1.165) is 0 Å². The Hall–Kier alpha value is -1.91. The van der Waals surface area contributed by atoms with E-state index in [4.69, 9.17) is 10.4 Å². The second-order valence-corrected chi connectivity index (χ2v) is 5.65. The summed E-state index contributed by atoms with van der Waals surface area (Å²) in [6.45, 7) is 1.19. The van der Waals surface area contributed by atoms with Crippen molar-refractivity contribution in [2.24, 2.45) is 0 Å². The van der Waals surface area contributed by atoms with Crippen molar-refractivity contribution in [1.82, 2.24) is 4.72 Å². The van der Waals surface area contributed by atoms with Gasteiger partial charge in [-0.05, 0) is 12.5 Å². The molecule has 1 unspecified atom stereocenters. The van der Waals surface area contributed by atoms with Gasteiger partial charge in [0.05, 0.1) is 6.07 Å². The van der Waals surface area contributed by atoms with Crippen LogP contribution in [0.3, 0.4) is 0 Å². The highest BCUT2D eigenvalue weighted by Gasteiger charge is 2.29. The summed E-state index contributed by atoms with van der Waals surface area (Å²) in [5.41, 5.74) is 0.304. The van der Waals surface area contributed by atoms with Gasteiger partial charge in [0.2, 0.25) is 10.0 Å². The number of aliphatic carboxylic acids is 1. The van der Waals surface area contributed by atoms with E-state index in [1.807, 2.05) is 4.72 Å². The average Bonchev–Trinajstić information content (AvgIpc) is 2.35. The van der Waals surface area contributed by atoms with Crippen molar-refractivity contribution in [3.63, 3.8) is 0 Å². The van der Waals surface area contributed by atoms with Gasteiger partial charge in [-0.1, -0.05) is 30.3 Å². The molecule has 18 heavy (non-hydrogen) atoms. The minimum absolute atomic E-state index is 0.304. The predicted octanol–water partition coefficient (Wildman–Crippen LogP) is 0.644. The molecule has 7 heteroatoms. The van der Waals surface area contributed by atoms with Crippen LogP contribution in [-0.4, -0.2) is 24.7 Å². The van der Waals surface area contributed by atoms with E-state index in [-0.39, 0.29) is 0 Å². The number of carbonyl (C=O) groups is 1. The fourth-order valence-electron chi connectivity index (χ4n) is 1.24. The van der Waals surface area contributed by atoms with Gasteiger partial charge in [-0.2, -0.15) is 9.98 Å². The van der Waals surface area contributed by atoms with Crippen LogP contribution in [0.4, 0.5) is 0 Å². The number of nitriles is 1. The number of benzene rings is 1. The Kier molecular flexibility index (Phi) is 4.42. The SMILES string of the molecule is CC(C#N)S(=O)(=O)N[C@@H](C(=O)O)c1ccccc1. The van der Waals surface area contributed by atoms with Crippen LogP contribution in [0, 0.1) is 11.3 Å². The van der Waals surface area contributed by atoms with E-state index in [1.165, 1.54) is 19.1 Å². The first-order chi connectivity index (χ1) is 8.38. The molecule has 0 aliphatic carbocycles. The fourth-order valence-corrected chi connectivity index (χ4v) is 2.15. The lowest BCUT2D eigenvalue weighted by Gasteiger charge is -2.15. The fraction of sp³-hybridized carbons (Fsp3) is 0.273. The molecule has 0 aliphatic heterocycles. The van der Waals surface area contributed by atoms with E-state index in [1.54, 1.807) is 24.3 Å². The van der Waals surface area contributed by atoms with Crippen molar-refractivity contribution in [3.8, 4) is 6.07 Å². The number of nitrogens with zero attached hydrogens (tertiary/aromatic N) is 1. The van der Waals surface area contributed by atoms with Crippen LogP contribution in [-0.2, 0) is 14.8 Å². The molecule has 2 N–H and O–H groups in total. The van der Waals surface area contributed by atoms with Crippen LogP contribution >= 0.6 is 0 Å². The molecule has 0 aromatic heterocycles. The molecule has 1 aromatic rings. The highest BCUT2D eigenvalue weighted by molar-refractivity contribution is 7.90. The first-order valence-corrected chi connectivity index (χ1v) is 6.61.